The zero-order valence-corrected chi connectivity index (χ0v) is 9.10. The number of halogens is 1. The van der Waals surface area contributed by atoms with Crippen molar-refractivity contribution in [2.75, 3.05) is 5.88 Å². The zero-order chi connectivity index (χ0) is 10.8. The molecule has 5 heteroatoms. The van der Waals surface area contributed by atoms with E-state index in [4.69, 9.17) is 11.6 Å². The monoisotopic (exact) mass is 232 g/mol. The van der Waals surface area contributed by atoms with Gasteiger partial charge in [-0.05, 0) is 19.1 Å². The Labute approximate surface area is 87.6 Å². The molecular weight excluding hydrogens is 224 g/mol. The van der Waals surface area contributed by atoms with Crippen molar-refractivity contribution in [3.05, 3.63) is 29.8 Å². The summed E-state index contributed by atoms with van der Waals surface area (Å²) < 4.78 is 22.9. The molecule has 0 aliphatic rings. The Morgan fingerprint density at radius 2 is 1.79 bits per heavy atom. The summed E-state index contributed by atoms with van der Waals surface area (Å²) in [4.78, 5) is 11.0. The lowest BCUT2D eigenvalue weighted by molar-refractivity contribution is -0.109. The summed E-state index contributed by atoms with van der Waals surface area (Å²) >= 11 is 5.19. The second-order valence-electron chi connectivity index (χ2n) is 2.82. The first-order valence-corrected chi connectivity index (χ1v) is 5.91. The number of aryl methyl sites for hydroxylation is 1. The fourth-order valence-corrected chi connectivity index (χ4v) is 2.25. The average Bonchev–Trinajstić information content (AvgIpc) is 2.17. The van der Waals surface area contributed by atoms with Crippen molar-refractivity contribution in [3.63, 3.8) is 0 Å². The number of hydrogen-bond acceptors (Lipinski definition) is 3. The zero-order valence-electron chi connectivity index (χ0n) is 7.53. The third-order valence-corrected chi connectivity index (χ3v) is 3.78. The van der Waals surface area contributed by atoms with E-state index in [0.717, 1.165) is 5.56 Å². The van der Waals surface area contributed by atoms with Crippen LogP contribution in [0.25, 0.3) is 0 Å². The van der Waals surface area contributed by atoms with Gasteiger partial charge in [0, 0.05) is 0 Å². The maximum Gasteiger partial charge on any atom is 0.265 e. The molecule has 0 heterocycles. The molecule has 76 valence electrons. The maximum absolute atomic E-state index is 11.4. The van der Waals surface area contributed by atoms with Gasteiger partial charge in [0.15, 0.2) is 0 Å². The lowest BCUT2D eigenvalue weighted by Gasteiger charge is -2.00. The summed E-state index contributed by atoms with van der Waals surface area (Å²) in [6, 6.07) is 6.06. The Bertz CT molecular complexity index is 434. The number of carbonyl (C=O) groups is 1. The van der Waals surface area contributed by atoms with E-state index in [1.807, 2.05) is 6.92 Å². The highest BCUT2D eigenvalue weighted by atomic mass is 35.5. The molecule has 1 rings (SSSR count). The van der Waals surface area contributed by atoms with E-state index in [2.05, 4.69) is 0 Å². The fourth-order valence-electron chi connectivity index (χ4n) is 0.921. The Kier molecular flexibility index (Phi) is 3.29. The molecule has 0 saturated heterocycles. The molecule has 0 fully saturated rings. The quantitative estimate of drug-likeness (QED) is 0.727. The smallest absolute Gasteiger partial charge is 0.265 e. The predicted octanol–water partition coefficient (Wildman–Crippen LogP) is 1.53. The van der Waals surface area contributed by atoms with Gasteiger partial charge in [0.05, 0.1) is 10.8 Å². The van der Waals surface area contributed by atoms with Gasteiger partial charge in [-0.3, -0.25) is 4.79 Å². The highest BCUT2D eigenvalue weighted by Gasteiger charge is 2.22. The molecule has 14 heavy (non-hydrogen) atoms. The van der Waals surface area contributed by atoms with Crippen LogP contribution in [-0.4, -0.2) is 19.4 Å². The summed E-state index contributed by atoms with van der Waals surface area (Å²) in [7, 11) is -3.88. The van der Waals surface area contributed by atoms with Crippen LogP contribution in [-0.2, 0) is 14.6 Å². The minimum Gasteiger partial charge on any atom is -0.280 e. The number of benzene rings is 1. The van der Waals surface area contributed by atoms with Crippen molar-refractivity contribution < 1.29 is 13.2 Å². The van der Waals surface area contributed by atoms with Crippen LogP contribution in [0.15, 0.2) is 29.2 Å². The number of sulfone groups is 1. The van der Waals surface area contributed by atoms with E-state index in [-0.39, 0.29) is 4.90 Å². The van der Waals surface area contributed by atoms with Crippen LogP contribution < -0.4 is 0 Å². The first-order chi connectivity index (χ1) is 6.48. The molecule has 1 aromatic carbocycles. The van der Waals surface area contributed by atoms with Gasteiger partial charge in [0.2, 0.25) is 9.84 Å². The number of rotatable bonds is 2. The molecule has 0 atom stereocenters. The van der Waals surface area contributed by atoms with Gasteiger partial charge >= 0.3 is 0 Å². The van der Waals surface area contributed by atoms with Crippen molar-refractivity contribution in [1.29, 1.82) is 0 Å². The van der Waals surface area contributed by atoms with Gasteiger partial charge < -0.3 is 0 Å². The van der Waals surface area contributed by atoms with Crippen molar-refractivity contribution in [3.8, 4) is 0 Å². The van der Waals surface area contributed by atoms with Gasteiger partial charge in [0.1, 0.15) is 0 Å². The first kappa shape index (κ1) is 11.2. The number of hydrogen-bond donors (Lipinski definition) is 0. The number of alkyl halides is 1. The molecular formula is C9H9ClO3S. The van der Waals surface area contributed by atoms with Crippen molar-refractivity contribution in [2.24, 2.45) is 0 Å². The van der Waals surface area contributed by atoms with Crippen molar-refractivity contribution >= 4 is 26.6 Å². The van der Waals surface area contributed by atoms with E-state index < -0.39 is 20.8 Å². The second kappa shape index (κ2) is 4.11. The van der Waals surface area contributed by atoms with E-state index >= 15 is 0 Å². The highest BCUT2D eigenvalue weighted by Crippen LogP contribution is 2.13. The molecule has 0 radical (unpaired) electrons. The SMILES string of the molecule is Cc1ccc(S(=O)(=O)C(=O)CCl)cc1. The first-order valence-electron chi connectivity index (χ1n) is 3.89. The number of carbonyl (C=O) groups excluding carboxylic acids is 1. The summed E-state index contributed by atoms with van der Waals surface area (Å²) in [5, 5.41) is -0.969. The van der Waals surface area contributed by atoms with Gasteiger partial charge in [-0.2, -0.15) is 0 Å². The molecule has 0 bridgehead atoms. The minimum absolute atomic E-state index is 0.00579. The molecule has 0 unspecified atom stereocenters. The van der Waals surface area contributed by atoms with Gasteiger partial charge in [-0.15, -0.1) is 11.6 Å². The van der Waals surface area contributed by atoms with E-state index in [0.29, 0.717) is 0 Å². The second-order valence-corrected chi connectivity index (χ2v) is 5.02. The van der Waals surface area contributed by atoms with Gasteiger partial charge in [-0.25, -0.2) is 8.42 Å². The molecule has 0 saturated carbocycles. The normalized spacial score (nSPS) is 11.3. The van der Waals surface area contributed by atoms with Crippen LogP contribution in [0, 0.1) is 6.92 Å². The summed E-state index contributed by atoms with van der Waals surface area (Å²) in [6.45, 7) is 1.83. The van der Waals surface area contributed by atoms with Crippen LogP contribution in [0.2, 0.25) is 0 Å². The minimum atomic E-state index is -3.88. The Balaban J connectivity index is 3.18. The highest BCUT2D eigenvalue weighted by molar-refractivity contribution is 8.06. The third-order valence-electron chi connectivity index (χ3n) is 1.74. The van der Waals surface area contributed by atoms with Crippen LogP contribution in [0.1, 0.15) is 5.56 Å². The van der Waals surface area contributed by atoms with Crippen LogP contribution in [0.3, 0.4) is 0 Å². The Morgan fingerprint density at radius 1 is 1.29 bits per heavy atom. The third kappa shape index (κ3) is 2.13. The fraction of sp³-hybridized carbons (Fsp3) is 0.222. The van der Waals surface area contributed by atoms with Crippen LogP contribution >= 0.6 is 11.6 Å². The largest absolute Gasteiger partial charge is 0.280 e. The molecule has 0 N–H and O–H groups in total. The maximum atomic E-state index is 11.4. The van der Waals surface area contributed by atoms with Crippen molar-refractivity contribution in [1.82, 2.24) is 0 Å². The van der Waals surface area contributed by atoms with E-state index in [1.165, 1.54) is 12.1 Å². The summed E-state index contributed by atoms with van der Waals surface area (Å²) in [6.07, 6.45) is 0. The molecule has 0 aromatic heterocycles. The summed E-state index contributed by atoms with van der Waals surface area (Å²) in [5.41, 5.74) is 0.933. The van der Waals surface area contributed by atoms with E-state index in [9.17, 15) is 13.2 Å². The topological polar surface area (TPSA) is 51.2 Å². The molecule has 3 nitrogen and oxygen atoms in total. The van der Waals surface area contributed by atoms with Crippen molar-refractivity contribution in [2.45, 2.75) is 11.8 Å². The predicted molar refractivity (Wildman–Crippen MR) is 54.1 cm³/mol. The van der Waals surface area contributed by atoms with Crippen LogP contribution in [0.5, 0.6) is 0 Å². The Hall–Kier alpha value is -0.870. The van der Waals surface area contributed by atoms with Gasteiger partial charge in [-0.1, -0.05) is 17.7 Å². The van der Waals surface area contributed by atoms with Gasteiger partial charge in [0.25, 0.3) is 5.12 Å². The molecule has 0 spiro atoms. The van der Waals surface area contributed by atoms with E-state index in [1.54, 1.807) is 12.1 Å². The lowest BCUT2D eigenvalue weighted by Crippen LogP contribution is -2.15. The standard InChI is InChI=1S/C9H9ClO3S/c1-7-2-4-8(5-3-7)14(12,13)9(11)6-10/h2-5H,6H2,1H3. The molecule has 0 amide bonds. The van der Waals surface area contributed by atoms with Crippen LogP contribution in [0.4, 0.5) is 0 Å². The lowest BCUT2D eigenvalue weighted by atomic mass is 10.2. The average molecular weight is 233 g/mol. The molecule has 0 aliphatic heterocycles. The molecule has 1 aromatic rings. The summed E-state index contributed by atoms with van der Waals surface area (Å²) in [5.74, 6) is -0.518. The Morgan fingerprint density at radius 3 is 2.21 bits per heavy atom. The molecule has 0 aliphatic carbocycles.